The summed E-state index contributed by atoms with van der Waals surface area (Å²) in [7, 11) is 0. The van der Waals surface area contributed by atoms with Gasteiger partial charge in [-0.05, 0) is 0 Å². The molecule has 0 aromatic rings. The fourth-order valence-electron chi connectivity index (χ4n) is 0. The number of nitrogens with zero attached hydrogens (tertiary/aromatic N) is 1. The van der Waals surface area contributed by atoms with Gasteiger partial charge in [0, 0.05) is 6.42 Å². The van der Waals surface area contributed by atoms with Crippen molar-refractivity contribution in [3.63, 3.8) is 0 Å². The number of aliphatic hydroxyl groups is 1. The van der Waals surface area contributed by atoms with Gasteiger partial charge in [0.05, 0.1) is 0 Å². The molecule has 0 fully saturated rings. The molecule has 4 heteroatoms. The Morgan fingerprint density at radius 3 is 2.12 bits per heavy atom. The van der Waals surface area contributed by atoms with Crippen molar-refractivity contribution in [1.82, 2.24) is 0 Å². The van der Waals surface area contributed by atoms with Gasteiger partial charge in [0.25, 0.3) is 6.26 Å². The second-order valence-corrected chi connectivity index (χ2v) is 0.920. The molecule has 0 unspecified atom stereocenters. The summed E-state index contributed by atoms with van der Waals surface area (Å²) in [6.45, 7) is 1.72. The summed E-state index contributed by atoms with van der Waals surface area (Å²) in [5.41, 5.74) is 4.65. The lowest BCUT2D eigenvalue weighted by Gasteiger charge is -1.73. The minimum atomic E-state index is -0.245. The Labute approximate surface area is 47.5 Å². The summed E-state index contributed by atoms with van der Waals surface area (Å²) >= 11 is 0. The first kappa shape index (κ1) is 9.90. The minimum absolute atomic E-state index is 0.245. The lowest BCUT2D eigenvalue weighted by atomic mass is 10.5. The fraction of sp³-hybridized carbons (Fsp3) is 0.500. The first-order valence-electron chi connectivity index (χ1n) is 2.00. The van der Waals surface area contributed by atoms with Crippen LogP contribution in [0.1, 0.15) is 13.3 Å². The van der Waals surface area contributed by atoms with Crippen LogP contribution in [0.2, 0.25) is 0 Å². The predicted octanol–water partition coefficient (Wildman–Crippen LogP) is -0.278. The van der Waals surface area contributed by atoms with Gasteiger partial charge in [-0.15, -0.1) is 0 Å². The highest BCUT2D eigenvalue weighted by Crippen LogP contribution is 1.63. The molecule has 0 rings (SSSR count). The van der Waals surface area contributed by atoms with Crippen LogP contribution in [0, 0.1) is 11.5 Å². The van der Waals surface area contributed by atoms with Gasteiger partial charge >= 0.3 is 0 Å². The van der Waals surface area contributed by atoms with Gasteiger partial charge < -0.3 is 10.8 Å². The number of nitrogens with two attached hydrogens (primary N) is 1. The number of hydrogen-bond donors (Lipinski definition) is 2. The van der Waals surface area contributed by atoms with Crippen LogP contribution < -0.4 is 5.73 Å². The van der Waals surface area contributed by atoms with Gasteiger partial charge in [-0.2, -0.15) is 5.26 Å². The highest BCUT2D eigenvalue weighted by atomic mass is 16.2. The summed E-state index contributed by atoms with van der Waals surface area (Å²) in [4.78, 5) is 9.59. The van der Waals surface area contributed by atoms with Crippen LogP contribution >= 0.6 is 0 Å². The molecule has 0 bridgehead atoms. The third-order valence-electron chi connectivity index (χ3n) is 0.348. The zero-order valence-electron chi connectivity index (χ0n) is 4.59. The van der Waals surface area contributed by atoms with Gasteiger partial charge in [0.15, 0.2) is 0 Å². The smallest absolute Gasteiger partial charge is 0.283 e. The molecule has 0 radical (unpaired) electrons. The van der Waals surface area contributed by atoms with E-state index < -0.39 is 0 Å². The lowest BCUT2D eigenvalue weighted by molar-refractivity contribution is -0.117. The number of amides is 1. The van der Waals surface area contributed by atoms with Crippen molar-refractivity contribution in [2.24, 2.45) is 5.73 Å². The van der Waals surface area contributed by atoms with E-state index in [1.807, 2.05) is 0 Å². The van der Waals surface area contributed by atoms with Crippen molar-refractivity contribution >= 4 is 5.91 Å². The predicted molar refractivity (Wildman–Crippen MR) is 27.0 cm³/mol. The quantitative estimate of drug-likeness (QED) is 0.462. The average Bonchev–Trinajstić information content (AvgIpc) is 1.69. The van der Waals surface area contributed by atoms with Crippen LogP contribution in [-0.2, 0) is 4.79 Å². The molecule has 46 valence electrons. The van der Waals surface area contributed by atoms with E-state index in [1.165, 1.54) is 0 Å². The fourth-order valence-corrected chi connectivity index (χ4v) is 0. The standard InChI is InChI=1S/C3H7NO.CHNO/c1-2-3(4)5;2-1-3/h2H2,1H3,(H2,4,5);3H. The summed E-state index contributed by atoms with van der Waals surface area (Å²) in [5.74, 6) is -0.245. The van der Waals surface area contributed by atoms with E-state index in [2.05, 4.69) is 5.73 Å². The third-order valence-corrected chi connectivity index (χ3v) is 0.348. The maximum Gasteiger partial charge on any atom is 0.283 e. The number of rotatable bonds is 1. The summed E-state index contributed by atoms with van der Waals surface area (Å²) < 4.78 is 0. The molecule has 0 aromatic heterocycles. The molecule has 0 atom stereocenters. The van der Waals surface area contributed by atoms with Crippen LogP contribution in [0.25, 0.3) is 0 Å². The van der Waals surface area contributed by atoms with E-state index in [-0.39, 0.29) is 5.91 Å². The molecular weight excluding hydrogens is 108 g/mol. The van der Waals surface area contributed by atoms with Crippen LogP contribution in [0.4, 0.5) is 0 Å². The van der Waals surface area contributed by atoms with Crippen molar-refractivity contribution in [3.05, 3.63) is 0 Å². The summed E-state index contributed by atoms with van der Waals surface area (Å²) in [6, 6.07) is 0. The molecule has 1 amide bonds. The Hall–Kier alpha value is -1.24. The van der Waals surface area contributed by atoms with Crippen LogP contribution in [0.3, 0.4) is 0 Å². The van der Waals surface area contributed by atoms with Crippen molar-refractivity contribution in [1.29, 1.82) is 5.26 Å². The zero-order valence-corrected chi connectivity index (χ0v) is 4.59. The zero-order chi connectivity index (χ0) is 6.99. The van der Waals surface area contributed by atoms with Gasteiger partial charge in [-0.1, -0.05) is 6.92 Å². The van der Waals surface area contributed by atoms with E-state index in [9.17, 15) is 4.79 Å². The number of nitriles is 1. The maximum atomic E-state index is 9.59. The van der Waals surface area contributed by atoms with Crippen molar-refractivity contribution in [3.8, 4) is 6.26 Å². The Morgan fingerprint density at radius 1 is 2.00 bits per heavy atom. The molecule has 8 heavy (non-hydrogen) atoms. The summed E-state index contributed by atoms with van der Waals surface area (Å²) in [5, 5.41) is 13.8. The largest absolute Gasteiger partial charge is 0.443 e. The molecule has 0 aliphatic carbocycles. The molecule has 0 aliphatic heterocycles. The van der Waals surface area contributed by atoms with E-state index in [4.69, 9.17) is 10.4 Å². The molecule has 0 saturated carbocycles. The molecule has 0 saturated heterocycles. The van der Waals surface area contributed by atoms with E-state index in [0.717, 1.165) is 6.26 Å². The highest BCUT2D eigenvalue weighted by molar-refractivity contribution is 5.73. The SMILES string of the molecule is CCC(N)=O.N#CO. The van der Waals surface area contributed by atoms with Crippen molar-refractivity contribution < 1.29 is 9.90 Å². The molecule has 4 nitrogen and oxygen atoms in total. The Morgan fingerprint density at radius 2 is 2.12 bits per heavy atom. The minimum Gasteiger partial charge on any atom is -0.443 e. The van der Waals surface area contributed by atoms with Crippen molar-refractivity contribution in [2.75, 3.05) is 0 Å². The number of carbonyl (C=O) groups excluding carboxylic acids is 1. The average molecular weight is 116 g/mol. The van der Waals surface area contributed by atoms with Gasteiger partial charge in [0.1, 0.15) is 0 Å². The maximum absolute atomic E-state index is 9.59. The van der Waals surface area contributed by atoms with Gasteiger partial charge in [-0.25, -0.2) is 0 Å². The molecular formula is C4H8N2O2. The van der Waals surface area contributed by atoms with E-state index >= 15 is 0 Å². The van der Waals surface area contributed by atoms with E-state index in [1.54, 1.807) is 6.92 Å². The molecule has 0 aliphatic rings. The second-order valence-electron chi connectivity index (χ2n) is 0.920. The topological polar surface area (TPSA) is 87.1 Å². The second kappa shape index (κ2) is 9.23. The number of carbonyl (C=O) groups is 1. The number of hydrogen-bond acceptors (Lipinski definition) is 3. The third kappa shape index (κ3) is 117. The molecule has 0 spiro atoms. The Balaban J connectivity index is 0. The van der Waals surface area contributed by atoms with Gasteiger partial charge in [-0.3, -0.25) is 4.79 Å². The highest BCUT2D eigenvalue weighted by Gasteiger charge is 1.77. The lowest BCUT2D eigenvalue weighted by Crippen LogP contribution is -2.06. The Bertz CT molecular complexity index is 94.7. The first-order chi connectivity index (χ1) is 3.68. The van der Waals surface area contributed by atoms with Crippen LogP contribution in [0.5, 0.6) is 0 Å². The monoisotopic (exact) mass is 116 g/mol. The number of aliphatic hydroxyl groups excluding tert-OH is 1. The van der Waals surface area contributed by atoms with Crippen LogP contribution in [0.15, 0.2) is 0 Å². The van der Waals surface area contributed by atoms with E-state index in [0.29, 0.717) is 6.42 Å². The normalized spacial score (nSPS) is 5.50. The van der Waals surface area contributed by atoms with Crippen molar-refractivity contribution in [2.45, 2.75) is 13.3 Å². The first-order valence-corrected chi connectivity index (χ1v) is 2.00. The Kier molecular flexibility index (Phi) is 11.4. The molecule has 0 heterocycles. The van der Waals surface area contributed by atoms with Gasteiger partial charge in [0.2, 0.25) is 5.91 Å². The molecule has 0 aromatic carbocycles. The van der Waals surface area contributed by atoms with Crippen LogP contribution in [-0.4, -0.2) is 11.0 Å². The summed E-state index contributed by atoms with van der Waals surface area (Å²) in [6.07, 6.45) is 1.19. The molecule has 3 N–H and O–H groups in total. The number of primary amides is 1.